The van der Waals surface area contributed by atoms with E-state index in [2.05, 4.69) is 10.6 Å². The number of halogens is 2. The van der Waals surface area contributed by atoms with E-state index in [0.29, 0.717) is 0 Å². The van der Waals surface area contributed by atoms with Gasteiger partial charge >= 0.3 is 0 Å². The molecule has 0 radical (unpaired) electrons. The molecule has 0 aliphatic heterocycles. The standard InChI is InChI=1S/C9H12ClFN2/c1-12-4-5-13-7-2-3-9(11)8(10)6-7/h2-3,6,12-13H,4-5H2,1H3. The number of nitrogens with one attached hydrogen (secondary N) is 2. The first kappa shape index (κ1) is 10.3. The van der Waals surface area contributed by atoms with Gasteiger partial charge in [-0.1, -0.05) is 11.6 Å². The van der Waals surface area contributed by atoms with E-state index < -0.39 is 0 Å². The predicted molar refractivity (Wildman–Crippen MR) is 53.8 cm³/mol. The molecule has 0 fully saturated rings. The van der Waals surface area contributed by atoms with E-state index in [1.54, 1.807) is 12.1 Å². The molecule has 13 heavy (non-hydrogen) atoms. The summed E-state index contributed by atoms with van der Waals surface area (Å²) in [6, 6.07) is 4.59. The molecule has 1 aromatic rings. The van der Waals surface area contributed by atoms with Crippen LogP contribution in [0.1, 0.15) is 0 Å². The van der Waals surface area contributed by atoms with E-state index in [-0.39, 0.29) is 10.8 Å². The van der Waals surface area contributed by atoms with Crippen LogP contribution in [0.3, 0.4) is 0 Å². The fourth-order valence-corrected chi connectivity index (χ4v) is 1.12. The Morgan fingerprint density at radius 2 is 2.15 bits per heavy atom. The Kier molecular flexibility index (Phi) is 3.99. The molecule has 0 aliphatic rings. The molecule has 0 unspecified atom stereocenters. The molecular weight excluding hydrogens is 191 g/mol. The second kappa shape index (κ2) is 5.04. The third-order valence-corrected chi connectivity index (χ3v) is 1.91. The Labute approximate surface area is 82.1 Å². The Hall–Kier alpha value is -0.800. The average molecular weight is 203 g/mol. The van der Waals surface area contributed by atoms with E-state index in [9.17, 15) is 4.39 Å². The zero-order valence-electron chi connectivity index (χ0n) is 7.40. The number of benzene rings is 1. The number of hydrogen-bond donors (Lipinski definition) is 2. The van der Waals surface area contributed by atoms with Crippen molar-refractivity contribution in [2.45, 2.75) is 0 Å². The third kappa shape index (κ3) is 3.20. The van der Waals surface area contributed by atoms with Crippen molar-refractivity contribution in [3.05, 3.63) is 29.0 Å². The second-order valence-electron chi connectivity index (χ2n) is 2.66. The van der Waals surface area contributed by atoms with Gasteiger partial charge in [-0.15, -0.1) is 0 Å². The highest BCUT2D eigenvalue weighted by Gasteiger charge is 1.99. The summed E-state index contributed by atoms with van der Waals surface area (Å²) >= 11 is 5.60. The highest BCUT2D eigenvalue weighted by molar-refractivity contribution is 6.31. The van der Waals surface area contributed by atoms with Gasteiger partial charge in [0.15, 0.2) is 0 Å². The molecule has 0 saturated carbocycles. The summed E-state index contributed by atoms with van der Waals surface area (Å²) in [5.74, 6) is -0.388. The molecule has 0 heterocycles. The van der Waals surface area contributed by atoms with Crippen molar-refractivity contribution in [1.82, 2.24) is 5.32 Å². The molecule has 0 aromatic heterocycles. The number of anilines is 1. The van der Waals surface area contributed by atoms with Crippen molar-refractivity contribution in [3.8, 4) is 0 Å². The van der Waals surface area contributed by atoms with Gasteiger partial charge in [0.25, 0.3) is 0 Å². The van der Waals surface area contributed by atoms with E-state index >= 15 is 0 Å². The molecule has 4 heteroatoms. The van der Waals surface area contributed by atoms with Crippen molar-refractivity contribution >= 4 is 17.3 Å². The number of likely N-dealkylation sites (N-methyl/N-ethyl adjacent to an activating group) is 1. The third-order valence-electron chi connectivity index (χ3n) is 1.62. The SMILES string of the molecule is CNCCNc1ccc(F)c(Cl)c1. The van der Waals surface area contributed by atoms with Gasteiger partial charge in [0.2, 0.25) is 0 Å². The fourth-order valence-electron chi connectivity index (χ4n) is 0.938. The minimum absolute atomic E-state index is 0.148. The molecule has 0 saturated heterocycles. The first-order valence-electron chi connectivity index (χ1n) is 4.07. The summed E-state index contributed by atoms with van der Waals surface area (Å²) in [7, 11) is 1.87. The Balaban J connectivity index is 2.53. The topological polar surface area (TPSA) is 24.1 Å². The Morgan fingerprint density at radius 3 is 2.77 bits per heavy atom. The largest absolute Gasteiger partial charge is 0.384 e. The number of hydrogen-bond acceptors (Lipinski definition) is 2. The molecular formula is C9H12ClFN2. The summed E-state index contributed by atoms with van der Waals surface area (Å²) < 4.78 is 12.7. The molecule has 2 N–H and O–H groups in total. The van der Waals surface area contributed by atoms with Gasteiger partial charge in [-0.05, 0) is 25.2 Å². The van der Waals surface area contributed by atoms with Crippen molar-refractivity contribution in [1.29, 1.82) is 0 Å². The molecule has 0 spiro atoms. The molecule has 0 bridgehead atoms. The average Bonchev–Trinajstić information content (AvgIpc) is 2.12. The summed E-state index contributed by atoms with van der Waals surface area (Å²) in [5, 5.41) is 6.24. The van der Waals surface area contributed by atoms with Crippen molar-refractivity contribution < 1.29 is 4.39 Å². The van der Waals surface area contributed by atoms with Crippen LogP contribution in [0.25, 0.3) is 0 Å². The van der Waals surface area contributed by atoms with E-state index in [1.165, 1.54) is 6.07 Å². The van der Waals surface area contributed by atoms with Crippen LogP contribution in [0, 0.1) is 5.82 Å². The van der Waals surface area contributed by atoms with Crippen molar-refractivity contribution in [3.63, 3.8) is 0 Å². The van der Waals surface area contributed by atoms with Gasteiger partial charge in [0.05, 0.1) is 5.02 Å². The van der Waals surface area contributed by atoms with Crippen LogP contribution in [0.15, 0.2) is 18.2 Å². The van der Waals surface area contributed by atoms with E-state index in [1.807, 2.05) is 7.05 Å². The maximum Gasteiger partial charge on any atom is 0.141 e. The number of rotatable bonds is 4. The van der Waals surface area contributed by atoms with Crippen LogP contribution in [-0.4, -0.2) is 20.1 Å². The first-order valence-corrected chi connectivity index (χ1v) is 4.45. The van der Waals surface area contributed by atoms with Gasteiger partial charge in [-0.2, -0.15) is 0 Å². The summed E-state index contributed by atoms with van der Waals surface area (Å²) in [4.78, 5) is 0. The van der Waals surface area contributed by atoms with Crippen molar-refractivity contribution in [2.24, 2.45) is 0 Å². The predicted octanol–water partition coefficient (Wildman–Crippen LogP) is 2.11. The molecule has 2 nitrogen and oxygen atoms in total. The normalized spacial score (nSPS) is 10.1. The monoisotopic (exact) mass is 202 g/mol. The molecule has 0 amide bonds. The highest BCUT2D eigenvalue weighted by Crippen LogP contribution is 2.18. The maximum atomic E-state index is 12.7. The minimum atomic E-state index is -0.388. The molecule has 0 aliphatic carbocycles. The second-order valence-corrected chi connectivity index (χ2v) is 3.07. The van der Waals surface area contributed by atoms with Crippen molar-refractivity contribution in [2.75, 3.05) is 25.5 Å². The van der Waals surface area contributed by atoms with Gasteiger partial charge < -0.3 is 10.6 Å². The quantitative estimate of drug-likeness (QED) is 0.731. The van der Waals surface area contributed by atoms with Crippen LogP contribution in [-0.2, 0) is 0 Å². The van der Waals surface area contributed by atoms with Crippen LogP contribution < -0.4 is 10.6 Å². The van der Waals surface area contributed by atoms with Crippen LogP contribution in [0.5, 0.6) is 0 Å². The van der Waals surface area contributed by atoms with Gasteiger partial charge in [0.1, 0.15) is 5.82 Å². The zero-order valence-corrected chi connectivity index (χ0v) is 8.16. The van der Waals surface area contributed by atoms with Crippen LogP contribution in [0.4, 0.5) is 10.1 Å². The first-order chi connectivity index (χ1) is 6.24. The molecule has 1 aromatic carbocycles. The Bertz CT molecular complexity index is 278. The lowest BCUT2D eigenvalue weighted by Crippen LogP contribution is -2.17. The molecule has 72 valence electrons. The summed E-state index contributed by atoms with van der Waals surface area (Å²) in [5.41, 5.74) is 0.835. The molecule has 1 rings (SSSR count). The maximum absolute atomic E-state index is 12.7. The van der Waals surface area contributed by atoms with Crippen LogP contribution >= 0.6 is 11.6 Å². The van der Waals surface area contributed by atoms with Gasteiger partial charge in [0, 0.05) is 18.8 Å². The highest BCUT2D eigenvalue weighted by atomic mass is 35.5. The summed E-state index contributed by atoms with van der Waals surface area (Å²) in [6.45, 7) is 1.65. The van der Waals surface area contributed by atoms with Crippen LogP contribution in [0.2, 0.25) is 5.02 Å². The van der Waals surface area contributed by atoms with E-state index in [0.717, 1.165) is 18.8 Å². The lowest BCUT2D eigenvalue weighted by Gasteiger charge is -2.05. The zero-order chi connectivity index (χ0) is 9.68. The van der Waals surface area contributed by atoms with E-state index in [4.69, 9.17) is 11.6 Å². The van der Waals surface area contributed by atoms with Gasteiger partial charge in [-0.3, -0.25) is 0 Å². The summed E-state index contributed by atoms with van der Waals surface area (Å²) in [6.07, 6.45) is 0. The smallest absolute Gasteiger partial charge is 0.141 e. The molecule has 0 atom stereocenters. The lowest BCUT2D eigenvalue weighted by molar-refractivity contribution is 0.628. The lowest BCUT2D eigenvalue weighted by atomic mass is 10.3. The van der Waals surface area contributed by atoms with Gasteiger partial charge in [-0.25, -0.2) is 4.39 Å². The fraction of sp³-hybridized carbons (Fsp3) is 0.333. The minimum Gasteiger partial charge on any atom is -0.384 e. The Morgan fingerprint density at radius 1 is 1.38 bits per heavy atom.